The Balaban J connectivity index is 3.14. The summed E-state index contributed by atoms with van der Waals surface area (Å²) in [6.45, 7) is 13.4. The van der Waals surface area contributed by atoms with Crippen LogP contribution in [0.15, 0.2) is 0 Å². The number of unbranched alkanes of at least 4 members (excludes halogenated alkanes) is 2. The zero-order chi connectivity index (χ0) is 25.2. The molecule has 0 aromatic heterocycles. The van der Waals surface area contributed by atoms with Crippen LogP contribution in [0.2, 0.25) is 0 Å². The number of ether oxygens (including phenoxy) is 3. The van der Waals surface area contributed by atoms with E-state index in [1.165, 1.54) is 11.8 Å². The fourth-order valence-corrected chi connectivity index (χ4v) is 3.82. The summed E-state index contributed by atoms with van der Waals surface area (Å²) in [7, 11) is 0. The molecule has 0 radical (unpaired) electrons. The normalized spacial score (nSPS) is 21.3. The molecule has 33 heavy (non-hydrogen) atoms. The van der Waals surface area contributed by atoms with E-state index in [9.17, 15) is 19.5 Å². The molecule has 2 N–H and O–H groups in total. The van der Waals surface area contributed by atoms with Crippen molar-refractivity contribution in [3.05, 3.63) is 0 Å². The van der Waals surface area contributed by atoms with Crippen LogP contribution in [0.1, 0.15) is 87.0 Å². The molecule has 0 saturated carbocycles. The van der Waals surface area contributed by atoms with Crippen LogP contribution in [0.3, 0.4) is 0 Å². The average molecular weight is 473 g/mol. The van der Waals surface area contributed by atoms with Gasteiger partial charge in [0.25, 0.3) is 0 Å². The van der Waals surface area contributed by atoms with E-state index in [-0.39, 0.29) is 19.6 Å². The van der Waals surface area contributed by atoms with E-state index in [1.807, 2.05) is 13.8 Å². The lowest BCUT2D eigenvalue weighted by Crippen LogP contribution is -2.66. The standard InChI is InChI=1S/C24H44N2O7/c1-8-10-15-31-17(3)19(20(28)32-16-11-9-2)25-21(29)24(18(4)27)13-12-14-26(24)22(30)33-23(5,6)7/h17-19,27H,8-16H2,1-7H3,(H,25,29)/t17-,18?,19+,24?/m1/s1. The second kappa shape index (κ2) is 13.1. The maximum absolute atomic E-state index is 13.6. The summed E-state index contributed by atoms with van der Waals surface area (Å²) in [5.74, 6) is -1.22. The molecule has 0 aromatic carbocycles. The Hall–Kier alpha value is -1.87. The largest absolute Gasteiger partial charge is 0.464 e. The number of hydrogen-bond acceptors (Lipinski definition) is 7. The molecule has 1 heterocycles. The third-order valence-corrected chi connectivity index (χ3v) is 5.75. The van der Waals surface area contributed by atoms with Gasteiger partial charge in [0.2, 0.25) is 5.91 Å². The Kier molecular flexibility index (Phi) is 11.6. The molecule has 0 aliphatic carbocycles. The highest BCUT2D eigenvalue weighted by Gasteiger charge is 2.55. The molecule has 4 atom stereocenters. The van der Waals surface area contributed by atoms with Crippen LogP contribution >= 0.6 is 0 Å². The van der Waals surface area contributed by atoms with E-state index in [0.29, 0.717) is 19.4 Å². The smallest absolute Gasteiger partial charge is 0.411 e. The van der Waals surface area contributed by atoms with E-state index < -0.39 is 47.4 Å². The Morgan fingerprint density at radius 2 is 1.70 bits per heavy atom. The zero-order valence-corrected chi connectivity index (χ0v) is 21.4. The number of aliphatic hydroxyl groups is 1. The number of carbonyl (C=O) groups is 3. The molecule has 1 rings (SSSR count). The number of hydrogen-bond donors (Lipinski definition) is 2. The van der Waals surface area contributed by atoms with Crippen molar-refractivity contribution in [2.75, 3.05) is 19.8 Å². The molecular weight excluding hydrogens is 428 g/mol. The number of carbonyl (C=O) groups excluding carboxylic acids is 3. The first-order valence-corrected chi connectivity index (χ1v) is 12.2. The van der Waals surface area contributed by atoms with Crippen LogP contribution in [0.5, 0.6) is 0 Å². The molecular formula is C24H44N2O7. The Labute approximate surface area is 198 Å². The van der Waals surface area contributed by atoms with Gasteiger partial charge in [-0.05, 0) is 60.3 Å². The molecule has 2 unspecified atom stereocenters. The Bertz CT molecular complexity index is 647. The van der Waals surface area contributed by atoms with Gasteiger partial charge >= 0.3 is 12.1 Å². The van der Waals surface area contributed by atoms with Gasteiger partial charge in [-0.2, -0.15) is 0 Å². The second-order valence-electron chi connectivity index (χ2n) is 9.74. The van der Waals surface area contributed by atoms with Crippen molar-refractivity contribution in [1.82, 2.24) is 10.2 Å². The maximum atomic E-state index is 13.6. The van der Waals surface area contributed by atoms with E-state index in [2.05, 4.69) is 5.32 Å². The van der Waals surface area contributed by atoms with Crippen molar-refractivity contribution in [2.24, 2.45) is 0 Å². The SMILES string of the molecule is CCCCOC(=O)[C@@H](NC(=O)C1(C(C)O)CCCN1C(=O)OC(C)(C)C)[C@@H](C)OCCCC. The summed E-state index contributed by atoms with van der Waals surface area (Å²) in [4.78, 5) is 40.6. The first kappa shape index (κ1) is 29.2. The lowest BCUT2D eigenvalue weighted by Gasteiger charge is -2.40. The van der Waals surface area contributed by atoms with Gasteiger partial charge in [0.15, 0.2) is 11.6 Å². The molecule has 9 nitrogen and oxygen atoms in total. The number of nitrogens with zero attached hydrogens (tertiary/aromatic N) is 1. The fraction of sp³-hybridized carbons (Fsp3) is 0.875. The predicted molar refractivity (Wildman–Crippen MR) is 125 cm³/mol. The van der Waals surface area contributed by atoms with E-state index in [4.69, 9.17) is 14.2 Å². The minimum Gasteiger partial charge on any atom is -0.464 e. The van der Waals surface area contributed by atoms with E-state index >= 15 is 0 Å². The molecule has 1 aliphatic rings. The third kappa shape index (κ3) is 8.14. The van der Waals surface area contributed by atoms with Crippen molar-refractivity contribution >= 4 is 18.0 Å². The quantitative estimate of drug-likeness (QED) is 0.331. The second-order valence-corrected chi connectivity index (χ2v) is 9.74. The molecule has 1 fully saturated rings. The molecule has 2 amide bonds. The topological polar surface area (TPSA) is 114 Å². The average Bonchev–Trinajstić information content (AvgIpc) is 3.17. The monoisotopic (exact) mass is 472 g/mol. The predicted octanol–water partition coefficient (Wildman–Crippen LogP) is 3.17. The highest BCUT2D eigenvalue weighted by molar-refractivity contribution is 5.94. The summed E-state index contributed by atoms with van der Waals surface area (Å²) < 4.78 is 16.6. The van der Waals surface area contributed by atoms with Gasteiger partial charge < -0.3 is 24.6 Å². The van der Waals surface area contributed by atoms with Gasteiger partial charge in [-0.25, -0.2) is 9.59 Å². The summed E-state index contributed by atoms with van der Waals surface area (Å²) >= 11 is 0. The minimum atomic E-state index is -1.55. The summed E-state index contributed by atoms with van der Waals surface area (Å²) in [5.41, 5.74) is -2.30. The van der Waals surface area contributed by atoms with Crippen molar-refractivity contribution in [3.63, 3.8) is 0 Å². The lowest BCUT2D eigenvalue weighted by molar-refractivity contribution is -0.155. The van der Waals surface area contributed by atoms with Crippen LogP contribution in [0, 0.1) is 0 Å². The number of esters is 1. The zero-order valence-electron chi connectivity index (χ0n) is 21.4. The number of likely N-dealkylation sites (tertiary alicyclic amines) is 1. The van der Waals surface area contributed by atoms with Gasteiger partial charge in [0, 0.05) is 13.2 Å². The molecule has 192 valence electrons. The van der Waals surface area contributed by atoms with Crippen molar-refractivity contribution in [3.8, 4) is 0 Å². The number of nitrogens with one attached hydrogen (secondary N) is 1. The van der Waals surface area contributed by atoms with Gasteiger partial charge in [-0.3, -0.25) is 9.69 Å². The third-order valence-electron chi connectivity index (χ3n) is 5.75. The molecule has 9 heteroatoms. The summed E-state index contributed by atoms with van der Waals surface area (Å²) in [5, 5.41) is 13.4. The molecule has 1 saturated heterocycles. The number of rotatable bonds is 12. The number of aliphatic hydroxyl groups excluding tert-OH is 1. The molecule has 0 aromatic rings. The number of amides is 2. The van der Waals surface area contributed by atoms with Crippen LogP contribution in [0.25, 0.3) is 0 Å². The van der Waals surface area contributed by atoms with Crippen LogP contribution in [-0.4, -0.2) is 77.1 Å². The van der Waals surface area contributed by atoms with Crippen molar-refractivity contribution < 1.29 is 33.7 Å². The van der Waals surface area contributed by atoms with Crippen LogP contribution in [-0.2, 0) is 23.8 Å². The maximum Gasteiger partial charge on any atom is 0.411 e. The van der Waals surface area contributed by atoms with Crippen molar-refractivity contribution in [1.29, 1.82) is 0 Å². The molecule has 0 spiro atoms. The van der Waals surface area contributed by atoms with Crippen molar-refractivity contribution in [2.45, 2.75) is 116 Å². The molecule has 1 aliphatic heterocycles. The first-order chi connectivity index (χ1) is 15.4. The van der Waals surface area contributed by atoms with Gasteiger partial charge in [-0.1, -0.05) is 26.7 Å². The van der Waals surface area contributed by atoms with Gasteiger partial charge in [0.1, 0.15) is 5.60 Å². The van der Waals surface area contributed by atoms with E-state index in [0.717, 1.165) is 19.3 Å². The highest BCUT2D eigenvalue weighted by atomic mass is 16.6. The van der Waals surface area contributed by atoms with Crippen LogP contribution < -0.4 is 5.32 Å². The van der Waals surface area contributed by atoms with Gasteiger partial charge in [0.05, 0.1) is 18.8 Å². The fourth-order valence-electron chi connectivity index (χ4n) is 3.82. The van der Waals surface area contributed by atoms with E-state index in [1.54, 1.807) is 27.7 Å². The first-order valence-electron chi connectivity index (χ1n) is 12.2. The Morgan fingerprint density at radius 1 is 1.09 bits per heavy atom. The minimum absolute atomic E-state index is 0.245. The highest BCUT2D eigenvalue weighted by Crippen LogP contribution is 2.34. The lowest BCUT2D eigenvalue weighted by atomic mass is 9.88. The van der Waals surface area contributed by atoms with Gasteiger partial charge in [-0.15, -0.1) is 0 Å². The summed E-state index contributed by atoms with van der Waals surface area (Å²) in [6.07, 6.45) is 1.60. The Morgan fingerprint density at radius 3 is 2.24 bits per heavy atom. The van der Waals surface area contributed by atoms with Crippen LogP contribution in [0.4, 0.5) is 4.79 Å². The summed E-state index contributed by atoms with van der Waals surface area (Å²) in [6, 6.07) is -1.07. The molecule has 0 bridgehead atoms.